The zero-order valence-electron chi connectivity index (χ0n) is 10.6. The lowest BCUT2D eigenvalue weighted by atomic mass is 9.97. The number of aromatic amines is 1. The van der Waals surface area contributed by atoms with E-state index in [4.69, 9.17) is 11.6 Å². The highest BCUT2D eigenvalue weighted by Crippen LogP contribution is 2.28. The van der Waals surface area contributed by atoms with Crippen LogP contribution in [0.3, 0.4) is 0 Å². The van der Waals surface area contributed by atoms with Crippen molar-refractivity contribution in [2.24, 2.45) is 5.92 Å². The number of hydrogen-bond acceptors (Lipinski definition) is 3. The molecular formula is C11H18ClN3O2S. The highest BCUT2D eigenvalue weighted by atomic mass is 35.5. The molecule has 0 spiro atoms. The van der Waals surface area contributed by atoms with Gasteiger partial charge < -0.3 is 0 Å². The summed E-state index contributed by atoms with van der Waals surface area (Å²) in [7, 11) is -3.51. The Morgan fingerprint density at radius 1 is 1.50 bits per heavy atom. The molecule has 0 bridgehead atoms. The SMILES string of the molecule is CC1CCC(C)N(S(=O)(=O)c2[nH]ncc2CCl)C1. The topological polar surface area (TPSA) is 66.1 Å². The van der Waals surface area contributed by atoms with Crippen LogP contribution < -0.4 is 0 Å². The molecule has 102 valence electrons. The van der Waals surface area contributed by atoms with Crippen LogP contribution in [-0.4, -0.2) is 35.5 Å². The zero-order valence-corrected chi connectivity index (χ0v) is 12.1. The first kappa shape index (κ1) is 13.8. The zero-order chi connectivity index (χ0) is 13.3. The van der Waals surface area contributed by atoms with E-state index >= 15 is 0 Å². The molecule has 0 radical (unpaired) electrons. The Hall–Kier alpha value is -0.590. The van der Waals surface area contributed by atoms with Gasteiger partial charge in [-0.2, -0.15) is 9.40 Å². The first-order valence-electron chi connectivity index (χ1n) is 6.07. The molecule has 5 nitrogen and oxygen atoms in total. The highest BCUT2D eigenvalue weighted by molar-refractivity contribution is 7.89. The van der Waals surface area contributed by atoms with Gasteiger partial charge in [-0.05, 0) is 25.7 Å². The van der Waals surface area contributed by atoms with E-state index in [1.54, 1.807) is 4.31 Å². The normalized spacial score (nSPS) is 26.4. The van der Waals surface area contributed by atoms with Crippen molar-refractivity contribution in [1.82, 2.24) is 14.5 Å². The van der Waals surface area contributed by atoms with Crippen LogP contribution in [0.25, 0.3) is 0 Å². The van der Waals surface area contributed by atoms with Gasteiger partial charge in [-0.1, -0.05) is 6.92 Å². The molecule has 0 aliphatic carbocycles. The van der Waals surface area contributed by atoms with Crippen LogP contribution in [0.15, 0.2) is 11.2 Å². The molecule has 0 aromatic carbocycles. The van der Waals surface area contributed by atoms with Crippen LogP contribution >= 0.6 is 11.6 Å². The maximum absolute atomic E-state index is 12.6. The molecule has 1 aromatic heterocycles. The van der Waals surface area contributed by atoms with E-state index in [-0.39, 0.29) is 16.9 Å². The molecule has 1 aromatic rings. The van der Waals surface area contributed by atoms with Gasteiger partial charge in [0.2, 0.25) is 0 Å². The Morgan fingerprint density at radius 2 is 2.22 bits per heavy atom. The minimum atomic E-state index is -3.51. The van der Waals surface area contributed by atoms with Gasteiger partial charge in [0.25, 0.3) is 10.0 Å². The van der Waals surface area contributed by atoms with Crippen molar-refractivity contribution in [3.8, 4) is 0 Å². The summed E-state index contributed by atoms with van der Waals surface area (Å²) in [6.07, 6.45) is 3.43. The fourth-order valence-electron chi connectivity index (χ4n) is 2.32. The molecule has 2 heterocycles. The molecule has 1 aliphatic heterocycles. The summed E-state index contributed by atoms with van der Waals surface area (Å²) in [6, 6.07) is 0.0256. The number of aromatic nitrogens is 2. The van der Waals surface area contributed by atoms with Crippen LogP contribution in [0, 0.1) is 5.92 Å². The second kappa shape index (κ2) is 5.19. The monoisotopic (exact) mass is 291 g/mol. The number of rotatable bonds is 3. The van der Waals surface area contributed by atoms with Gasteiger partial charge in [0.05, 0.1) is 12.1 Å². The lowest BCUT2D eigenvalue weighted by Gasteiger charge is -2.35. The summed E-state index contributed by atoms with van der Waals surface area (Å²) in [5, 5.41) is 6.49. The van der Waals surface area contributed by atoms with Crippen molar-refractivity contribution in [3.05, 3.63) is 11.8 Å². The molecule has 2 unspecified atom stereocenters. The summed E-state index contributed by atoms with van der Waals surface area (Å²) in [4.78, 5) is 0. The quantitative estimate of drug-likeness (QED) is 0.866. The molecule has 0 saturated carbocycles. The van der Waals surface area contributed by atoms with Crippen molar-refractivity contribution in [3.63, 3.8) is 0 Å². The lowest BCUT2D eigenvalue weighted by molar-refractivity contribution is 0.217. The fraction of sp³-hybridized carbons (Fsp3) is 0.727. The smallest absolute Gasteiger partial charge is 0.260 e. The average molecular weight is 292 g/mol. The molecule has 1 aliphatic rings. The van der Waals surface area contributed by atoms with E-state index in [1.165, 1.54) is 6.20 Å². The predicted molar refractivity (Wildman–Crippen MR) is 69.9 cm³/mol. The number of hydrogen-bond donors (Lipinski definition) is 1. The first-order valence-corrected chi connectivity index (χ1v) is 8.04. The molecule has 1 saturated heterocycles. The lowest BCUT2D eigenvalue weighted by Crippen LogP contribution is -2.45. The van der Waals surface area contributed by atoms with E-state index in [1.807, 2.05) is 6.92 Å². The standard InChI is InChI=1S/C11H18ClN3O2S/c1-8-3-4-9(2)15(7-8)18(16,17)11-10(5-12)6-13-14-11/h6,8-9H,3-5,7H2,1-2H3,(H,13,14). The van der Waals surface area contributed by atoms with Gasteiger partial charge in [0, 0.05) is 18.2 Å². The maximum Gasteiger partial charge on any atom is 0.260 e. The van der Waals surface area contributed by atoms with Crippen molar-refractivity contribution in [2.75, 3.05) is 6.54 Å². The summed E-state index contributed by atoms with van der Waals surface area (Å²) in [5.74, 6) is 0.529. The molecular weight excluding hydrogens is 274 g/mol. The molecule has 2 rings (SSSR count). The number of nitrogens with zero attached hydrogens (tertiary/aromatic N) is 2. The third kappa shape index (κ3) is 2.41. The van der Waals surface area contributed by atoms with E-state index in [0.717, 1.165) is 12.8 Å². The van der Waals surface area contributed by atoms with Gasteiger partial charge in [0.1, 0.15) is 0 Å². The number of alkyl halides is 1. The van der Waals surface area contributed by atoms with Crippen LogP contribution in [0.1, 0.15) is 32.3 Å². The average Bonchev–Trinajstić information content (AvgIpc) is 2.81. The maximum atomic E-state index is 12.6. The largest absolute Gasteiger partial charge is 0.266 e. The molecule has 18 heavy (non-hydrogen) atoms. The Kier molecular flexibility index (Phi) is 3.99. The fourth-order valence-corrected chi connectivity index (χ4v) is 4.49. The Balaban J connectivity index is 2.36. The number of halogens is 1. The van der Waals surface area contributed by atoms with Crippen molar-refractivity contribution in [1.29, 1.82) is 0 Å². The van der Waals surface area contributed by atoms with E-state index in [0.29, 0.717) is 18.0 Å². The number of piperidine rings is 1. The van der Waals surface area contributed by atoms with E-state index < -0.39 is 10.0 Å². The third-order valence-corrected chi connectivity index (χ3v) is 5.73. The van der Waals surface area contributed by atoms with Crippen molar-refractivity contribution >= 4 is 21.6 Å². The Bertz CT molecular complexity index is 514. The van der Waals surface area contributed by atoms with Crippen LogP contribution in [-0.2, 0) is 15.9 Å². The first-order chi connectivity index (χ1) is 8.46. The third-order valence-electron chi connectivity index (χ3n) is 3.45. The van der Waals surface area contributed by atoms with Gasteiger partial charge in [0.15, 0.2) is 5.03 Å². The Labute approximate surface area is 113 Å². The molecule has 1 N–H and O–H groups in total. The van der Waals surface area contributed by atoms with Crippen LogP contribution in [0.2, 0.25) is 0 Å². The minimum Gasteiger partial charge on any atom is -0.266 e. The second-order valence-corrected chi connectivity index (χ2v) is 7.06. The number of nitrogens with one attached hydrogen (secondary N) is 1. The second-order valence-electron chi connectivity index (χ2n) is 4.96. The summed E-state index contributed by atoms with van der Waals surface area (Å²) >= 11 is 5.74. The predicted octanol–water partition coefficient (Wildman–Crippen LogP) is 1.96. The van der Waals surface area contributed by atoms with Crippen molar-refractivity contribution in [2.45, 2.75) is 43.6 Å². The van der Waals surface area contributed by atoms with E-state index in [9.17, 15) is 8.42 Å². The summed E-state index contributed by atoms with van der Waals surface area (Å²) in [6.45, 7) is 4.58. The Morgan fingerprint density at radius 3 is 2.89 bits per heavy atom. The van der Waals surface area contributed by atoms with Crippen LogP contribution in [0.4, 0.5) is 0 Å². The minimum absolute atomic E-state index is 0.0256. The summed E-state index contributed by atoms with van der Waals surface area (Å²) in [5.41, 5.74) is 0.530. The van der Waals surface area contributed by atoms with Gasteiger partial charge >= 0.3 is 0 Å². The molecule has 7 heteroatoms. The molecule has 1 fully saturated rings. The summed E-state index contributed by atoms with van der Waals surface area (Å²) < 4.78 is 26.7. The number of H-pyrrole nitrogens is 1. The highest BCUT2D eigenvalue weighted by Gasteiger charge is 2.35. The molecule has 2 atom stereocenters. The molecule has 0 amide bonds. The number of sulfonamides is 1. The van der Waals surface area contributed by atoms with Crippen molar-refractivity contribution < 1.29 is 8.42 Å². The van der Waals surface area contributed by atoms with Gasteiger partial charge in [-0.3, -0.25) is 5.10 Å². The van der Waals surface area contributed by atoms with E-state index in [2.05, 4.69) is 17.1 Å². The van der Waals surface area contributed by atoms with Crippen LogP contribution in [0.5, 0.6) is 0 Å². The van der Waals surface area contributed by atoms with Gasteiger partial charge in [-0.15, -0.1) is 11.6 Å². The van der Waals surface area contributed by atoms with Gasteiger partial charge in [-0.25, -0.2) is 8.42 Å².